The van der Waals surface area contributed by atoms with E-state index in [1.807, 2.05) is 60.7 Å². The molecule has 0 amide bonds. The Labute approximate surface area is 165 Å². The van der Waals surface area contributed by atoms with Crippen LogP contribution in [0.4, 0.5) is 0 Å². The van der Waals surface area contributed by atoms with E-state index < -0.39 is 5.41 Å². The topological polar surface area (TPSA) is 26.3 Å². The fourth-order valence-corrected chi connectivity index (χ4v) is 3.93. The van der Waals surface area contributed by atoms with Crippen LogP contribution in [0.5, 0.6) is 0 Å². The van der Waals surface area contributed by atoms with E-state index in [-0.39, 0.29) is 5.97 Å². The zero-order chi connectivity index (χ0) is 19.4. The first kappa shape index (κ1) is 18.0. The average Bonchev–Trinajstić information content (AvgIpc) is 2.78. The number of esters is 1. The van der Waals surface area contributed by atoms with Crippen LogP contribution in [0, 0.1) is 0 Å². The normalized spacial score (nSPS) is 13.0. The van der Waals surface area contributed by atoms with Gasteiger partial charge in [0.05, 0.1) is 7.11 Å². The summed E-state index contributed by atoms with van der Waals surface area (Å²) in [4.78, 5) is 13.4. The highest BCUT2D eigenvalue weighted by Gasteiger charge is 2.43. The molecule has 4 rings (SSSR count). The van der Waals surface area contributed by atoms with Crippen molar-refractivity contribution in [1.29, 1.82) is 0 Å². The van der Waals surface area contributed by atoms with E-state index in [0.717, 1.165) is 27.5 Å². The molecule has 4 aromatic carbocycles. The second kappa shape index (κ2) is 7.69. The Hall–Kier alpha value is -3.39. The van der Waals surface area contributed by atoms with Gasteiger partial charge in [-0.2, -0.15) is 0 Å². The zero-order valence-electron chi connectivity index (χ0n) is 15.8. The number of methoxy groups -OCH3 is 1. The molecule has 0 radical (unpaired) electrons. The minimum Gasteiger partial charge on any atom is -0.468 e. The summed E-state index contributed by atoms with van der Waals surface area (Å²) in [7, 11) is 1.46. The minimum absolute atomic E-state index is 0.252. The molecule has 1 atom stereocenters. The summed E-state index contributed by atoms with van der Waals surface area (Å²) in [6.45, 7) is 0. The maximum Gasteiger partial charge on any atom is 0.321 e. The zero-order valence-corrected chi connectivity index (χ0v) is 15.8. The van der Waals surface area contributed by atoms with Crippen molar-refractivity contribution in [2.45, 2.75) is 11.8 Å². The van der Waals surface area contributed by atoms with Crippen LogP contribution in [-0.4, -0.2) is 13.1 Å². The van der Waals surface area contributed by atoms with Gasteiger partial charge in [-0.05, 0) is 39.9 Å². The van der Waals surface area contributed by atoms with Crippen molar-refractivity contribution < 1.29 is 9.53 Å². The van der Waals surface area contributed by atoms with E-state index in [4.69, 9.17) is 4.74 Å². The van der Waals surface area contributed by atoms with Gasteiger partial charge >= 0.3 is 5.97 Å². The van der Waals surface area contributed by atoms with Crippen molar-refractivity contribution in [3.63, 3.8) is 0 Å². The molecule has 0 fully saturated rings. The summed E-state index contributed by atoms with van der Waals surface area (Å²) >= 11 is 0. The number of rotatable bonds is 5. The summed E-state index contributed by atoms with van der Waals surface area (Å²) in [5.41, 5.74) is 2.04. The SMILES string of the molecule is COC(=O)C(Cc1ccccc1)(c1ccccc1)c1ccc2ccccc2c1. The monoisotopic (exact) mass is 366 g/mol. The van der Waals surface area contributed by atoms with Gasteiger partial charge in [-0.25, -0.2) is 0 Å². The molecule has 0 aliphatic heterocycles. The quantitative estimate of drug-likeness (QED) is 0.433. The standard InChI is InChI=1S/C26H22O2/c1-28-25(27)26(23-14-6-3-7-15-23,19-20-10-4-2-5-11-20)24-17-16-21-12-8-9-13-22(21)18-24/h2-18H,19H2,1H3. The maximum absolute atomic E-state index is 13.4. The van der Waals surface area contributed by atoms with Gasteiger partial charge < -0.3 is 4.74 Å². The third-order valence-electron chi connectivity index (χ3n) is 5.35. The highest BCUT2D eigenvalue weighted by molar-refractivity contribution is 5.91. The number of benzene rings is 4. The van der Waals surface area contributed by atoms with Crippen LogP contribution in [-0.2, 0) is 21.4 Å². The van der Waals surface area contributed by atoms with E-state index in [1.54, 1.807) is 0 Å². The second-order valence-corrected chi connectivity index (χ2v) is 6.99. The summed E-state index contributed by atoms with van der Waals surface area (Å²) in [5.74, 6) is -0.252. The smallest absolute Gasteiger partial charge is 0.321 e. The molecule has 0 aliphatic rings. The van der Waals surface area contributed by atoms with Crippen LogP contribution in [0.25, 0.3) is 10.8 Å². The lowest BCUT2D eigenvalue weighted by Crippen LogP contribution is -2.40. The van der Waals surface area contributed by atoms with Crippen LogP contribution < -0.4 is 0 Å². The van der Waals surface area contributed by atoms with Crippen molar-refractivity contribution in [2.75, 3.05) is 7.11 Å². The van der Waals surface area contributed by atoms with Crippen molar-refractivity contribution in [3.05, 3.63) is 120 Å². The number of carbonyl (C=O) groups excluding carboxylic acids is 1. The molecular weight excluding hydrogens is 344 g/mol. The van der Waals surface area contributed by atoms with Gasteiger partial charge in [0.25, 0.3) is 0 Å². The van der Waals surface area contributed by atoms with E-state index in [9.17, 15) is 4.79 Å². The molecule has 4 aromatic rings. The van der Waals surface area contributed by atoms with Gasteiger partial charge in [-0.1, -0.05) is 97.1 Å². The number of hydrogen-bond acceptors (Lipinski definition) is 2. The predicted octanol–water partition coefficient (Wildman–Crippen LogP) is 5.54. The lowest BCUT2D eigenvalue weighted by atomic mass is 9.70. The predicted molar refractivity (Wildman–Crippen MR) is 113 cm³/mol. The molecule has 0 aliphatic carbocycles. The molecule has 0 bridgehead atoms. The lowest BCUT2D eigenvalue weighted by molar-refractivity contribution is -0.145. The van der Waals surface area contributed by atoms with E-state index in [2.05, 4.69) is 42.5 Å². The molecule has 2 heteroatoms. The third kappa shape index (κ3) is 3.18. The molecule has 0 saturated heterocycles. The average molecular weight is 366 g/mol. The van der Waals surface area contributed by atoms with Gasteiger partial charge in [0.15, 0.2) is 0 Å². The van der Waals surface area contributed by atoms with Gasteiger partial charge in [0, 0.05) is 0 Å². The first-order valence-electron chi connectivity index (χ1n) is 9.41. The van der Waals surface area contributed by atoms with E-state index in [1.165, 1.54) is 7.11 Å². The second-order valence-electron chi connectivity index (χ2n) is 6.99. The maximum atomic E-state index is 13.4. The van der Waals surface area contributed by atoms with E-state index >= 15 is 0 Å². The van der Waals surface area contributed by atoms with Crippen LogP contribution >= 0.6 is 0 Å². The number of fused-ring (bicyclic) bond motifs is 1. The first-order chi connectivity index (χ1) is 13.7. The molecule has 2 nitrogen and oxygen atoms in total. The Morgan fingerprint density at radius 1 is 0.714 bits per heavy atom. The molecule has 0 saturated carbocycles. The Morgan fingerprint density at radius 2 is 1.32 bits per heavy atom. The molecule has 0 aromatic heterocycles. The minimum atomic E-state index is -0.915. The Morgan fingerprint density at radius 3 is 2.00 bits per heavy atom. The van der Waals surface area contributed by atoms with Crippen LogP contribution in [0.1, 0.15) is 16.7 Å². The van der Waals surface area contributed by atoms with Gasteiger partial charge in [-0.3, -0.25) is 4.79 Å². The van der Waals surface area contributed by atoms with Gasteiger partial charge in [-0.15, -0.1) is 0 Å². The van der Waals surface area contributed by atoms with Crippen molar-refractivity contribution in [2.24, 2.45) is 0 Å². The summed E-state index contributed by atoms with van der Waals surface area (Å²) in [6, 6.07) is 34.5. The van der Waals surface area contributed by atoms with Crippen molar-refractivity contribution in [1.82, 2.24) is 0 Å². The van der Waals surface area contributed by atoms with Gasteiger partial charge in [0.2, 0.25) is 0 Å². The summed E-state index contributed by atoms with van der Waals surface area (Å²) in [5, 5.41) is 2.26. The van der Waals surface area contributed by atoms with Gasteiger partial charge in [0.1, 0.15) is 5.41 Å². The summed E-state index contributed by atoms with van der Waals surface area (Å²) in [6.07, 6.45) is 0.531. The molecule has 28 heavy (non-hydrogen) atoms. The Balaban J connectivity index is 1.98. The van der Waals surface area contributed by atoms with Crippen LogP contribution in [0.2, 0.25) is 0 Å². The molecule has 0 spiro atoms. The lowest BCUT2D eigenvalue weighted by Gasteiger charge is -2.32. The summed E-state index contributed by atoms with van der Waals surface area (Å²) < 4.78 is 5.37. The van der Waals surface area contributed by atoms with Crippen LogP contribution in [0.15, 0.2) is 103 Å². The molecule has 0 heterocycles. The number of hydrogen-bond donors (Lipinski definition) is 0. The first-order valence-corrected chi connectivity index (χ1v) is 9.41. The van der Waals surface area contributed by atoms with Crippen molar-refractivity contribution >= 4 is 16.7 Å². The molecule has 138 valence electrons. The molecule has 0 N–H and O–H groups in total. The highest BCUT2D eigenvalue weighted by atomic mass is 16.5. The molecular formula is C26H22O2. The largest absolute Gasteiger partial charge is 0.468 e. The third-order valence-corrected chi connectivity index (χ3v) is 5.35. The van der Waals surface area contributed by atoms with E-state index in [0.29, 0.717) is 6.42 Å². The molecule has 1 unspecified atom stereocenters. The Bertz CT molecular complexity index is 1090. The van der Waals surface area contributed by atoms with Crippen LogP contribution in [0.3, 0.4) is 0 Å². The van der Waals surface area contributed by atoms with Crippen molar-refractivity contribution in [3.8, 4) is 0 Å². The Kier molecular flexibility index (Phi) is 4.94. The number of carbonyl (C=O) groups is 1. The fraction of sp³-hybridized carbons (Fsp3) is 0.115. The fourth-order valence-electron chi connectivity index (χ4n) is 3.93. The number of ether oxygens (including phenoxy) is 1. The highest BCUT2D eigenvalue weighted by Crippen LogP contribution is 2.38.